The molecule has 0 aromatic carbocycles. The molecule has 0 radical (unpaired) electrons. The third-order valence-electron chi connectivity index (χ3n) is 1.96. The second kappa shape index (κ2) is 3.34. The summed E-state index contributed by atoms with van der Waals surface area (Å²) in [7, 11) is 0. The predicted molar refractivity (Wildman–Crippen MR) is 52.0 cm³/mol. The van der Waals surface area contributed by atoms with Gasteiger partial charge in [0.05, 0.1) is 17.7 Å². The molecule has 1 aliphatic rings. The van der Waals surface area contributed by atoms with Gasteiger partial charge in [0.25, 0.3) is 0 Å². The molecule has 0 bridgehead atoms. The maximum atomic E-state index is 11.7. The van der Waals surface area contributed by atoms with E-state index in [0.717, 1.165) is 22.4 Å². The van der Waals surface area contributed by atoms with E-state index in [2.05, 4.69) is 0 Å². The lowest BCUT2D eigenvalue weighted by molar-refractivity contribution is 0.103. The van der Waals surface area contributed by atoms with Gasteiger partial charge in [-0.1, -0.05) is 0 Å². The highest BCUT2D eigenvalue weighted by atomic mass is 32.1. The number of hydrogen-bond donors (Lipinski definition) is 0. The second-order valence-corrected chi connectivity index (χ2v) is 3.99. The molecule has 0 saturated carbocycles. The van der Waals surface area contributed by atoms with Crippen LogP contribution in [0.4, 0.5) is 0 Å². The van der Waals surface area contributed by atoms with E-state index in [1.165, 1.54) is 11.3 Å². The molecule has 1 aromatic heterocycles. The summed E-state index contributed by atoms with van der Waals surface area (Å²) in [5.41, 5.74) is 1.94. The molecular weight excluding hydrogens is 184 g/mol. The summed E-state index contributed by atoms with van der Waals surface area (Å²) in [5, 5.41) is 1.99. The SMILES string of the molecule is Cc1csc(C(=O)C2=COCC2)c1. The van der Waals surface area contributed by atoms with Crippen molar-refractivity contribution in [2.24, 2.45) is 0 Å². The zero-order chi connectivity index (χ0) is 9.26. The quantitative estimate of drug-likeness (QED) is 0.676. The van der Waals surface area contributed by atoms with Gasteiger partial charge in [-0.05, 0) is 23.9 Å². The van der Waals surface area contributed by atoms with E-state index in [1.807, 2.05) is 18.4 Å². The fraction of sp³-hybridized carbons (Fsp3) is 0.300. The Bertz CT molecular complexity index is 363. The van der Waals surface area contributed by atoms with Gasteiger partial charge in [-0.3, -0.25) is 4.79 Å². The van der Waals surface area contributed by atoms with Crippen LogP contribution in [0.3, 0.4) is 0 Å². The van der Waals surface area contributed by atoms with E-state index in [-0.39, 0.29) is 5.78 Å². The first kappa shape index (κ1) is 8.51. The Morgan fingerprint density at radius 3 is 3.00 bits per heavy atom. The number of carbonyl (C=O) groups excluding carboxylic acids is 1. The van der Waals surface area contributed by atoms with Crippen molar-refractivity contribution in [3.63, 3.8) is 0 Å². The number of Topliss-reactive ketones (excluding diaryl/α,β-unsaturated/α-hetero) is 1. The van der Waals surface area contributed by atoms with Gasteiger partial charge in [0.15, 0.2) is 0 Å². The van der Waals surface area contributed by atoms with Crippen molar-refractivity contribution in [3.8, 4) is 0 Å². The van der Waals surface area contributed by atoms with Crippen LogP contribution in [-0.4, -0.2) is 12.4 Å². The van der Waals surface area contributed by atoms with Gasteiger partial charge in [0.2, 0.25) is 5.78 Å². The fourth-order valence-corrected chi connectivity index (χ4v) is 2.14. The highest BCUT2D eigenvalue weighted by molar-refractivity contribution is 7.12. The van der Waals surface area contributed by atoms with Crippen LogP contribution in [0.25, 0.3) is 0 Å². The Hall–Kier alpha value is -1.09. The van der Waals surface area contributed by atoms with Crippen molar-refractivity contribution in [2.75, 3.05) is 6.61 Å². The normalized spacial score (nSPS) is 15.3. The monoisotopic (exact) mass is 194 g/mol. The molecule has 0 N–H and O–H groups in total. The molecule has 0 amide bonds. The minimum absolute atomic E-state index is 0.121. The Morgan fingerprint density at radius 2 is 2.46 bits per heavy atom. The van der Waals surface area contributed by atoms with Crippen molar-refractivity contribution in [2.45, 2.75) is 13.3 Å². The zero-order valence-corrected chi connectivity index (χ0v) is 8.19. The van der Waals surface area contributed by atoms with Crippen LogP contribution in [0, 0.1) is 6.92 Å². The summed E-state index contributed by atoms with van der Waals surface area (Å²) in [6.07, 6.45) is 2.33. The predicted octanol–water partition coefficient (Wildman–Crippen LogP) is 2.54. The Balaban J connectivity index is 2.22. The van der Waals surface area contributed by atoms with Crippen LogP contribution in [0.15, 0.2) is 23.3 Å². The van der Waals surface area contributed by atoms with Gasteiger partial charge < -0.3 is 4.74 Å². The van der Waals surface area contributed by atoms with Crippen LogP contribution >= 0.6 is 11.3 Å². The Labute approximate surface area is 80.8 Å². The smallest absolute Gasteiger partial charge is 0.202 e. The lowest BCUT2D eigenvalue weighted by atomic mass is 10.1. The summed E-state index contributed by atoms with van der Waals surface area (Å²) >= 11 is 1.50. The van der Waals surface area contributed by atoms with E-state index in [0.29, 0.717) is 6.61 Å². The molecule has 2 rings (SSSR count). The molecule has 0 atom stereocenters. The molecule has 2 heterocycles. The molecule has 13 heavy (non-hydrogen) atoms. The van der Waals surface area contributed by atoms with Gasteiger partial charge in [0, 0.05) is 12.0 Å². The maximum absolute atomic E-state index is 11.7. The van der Waals surface area contributed by atoms with E-state index >= 15 is 0 Å². The second-order valence-electron chi connectivity index (χ2n) is 3.08. The highest BCUT2D eigenvalue weighted by Crippen LogP contribution is 2.21. The summed E-state index contributed by atoms with van der Waals surface area (Å²) in [6.45, 7) is 2.64. The fourth-order valence-electron chi connectivity index (χ4n) is 1.26. The van der Waals surface area contributed by atoms with E-state index in [4.69, 9.17) is 4.74 Å². The van der Waals surface area contributed by atoms with Crippen LogP contribution in [0.2, 0.25) is 0 Å². The number of carbonyl (C=O) groups is 1. The average molecular weight is 194 g/mol. The number of aryl methyl sites for hydroxylation is 1. The molecule has 0 fully saturated rings. The molecular formula is C10H10O2S. The summed E-state index contributed by atoms with van der Waals surface area (Å²) < 4.78 is 5.03. The Kier molecular flexibility index (Phi) is 2.19. The zero-order valence-electron chi connectivity index (χ0n) is 7.37. The van der Waals surface area contributed by atoms with Crippen molar-refractivity contribution >= 4 is 17.1 Å². The third-order valence-corrected chi connectivity index (χ3v) is 3.01. The first-order chi connectivity index (χ1) is 6.27. The van der Waals surface area contributed by atoms with Crippen molar-refractivity contribution in [1.82, 2.24) is 0 Å². The van der Waals surface area contributed by atoms with Gasteiger partial charge in [-0.15, -0.1) is 11.3 Å². The molecule has 68 valence electrons. The lowest BCUT2D eigenvalue weighted by Gasteiger charge is -1.93. The van der Waals surface area contributed by atoms with Gasteiger partial charge in [-0.25, -0.2) is 0 Å². The molecule has 3 heteroatoms. The molecule has 1 aromatic rings. The number of ketones is 1. The highest BCUT2D eigenvalue weighted by Gasteiger charge is 2.17. The van der Waals surface area contributed by atoms with Gasteiger partial charge in [0.1, 0.15) is 0 Å². The Morgan fingerprint density at radius 1 is 1.62 bits per heavy atom. The number of thiophene rings is 1. The number of rotatable bonds is 2. The summed E-state index contributed by atoms with van der Waals surface area (Å²) in [5.74, 6) is 0.121. The number of hydrogen-bond acceptors (Lipinski definition) is 3. The van der Waals surface area contributed by atoms with Gasteiger partial charge >= 0.3 is 0 Å². The molecule has 0 aliphatic carbocycles. The minimum atomic E-state index is 0.121. The lowest BCUT2D eigenvalue weighted by Crippen LogP contribution is -1.98. The largest absolute Gasteiger partial charge is 0.500 e. The minimum Gasteiger partial charge on any atom is -0.500 e. The molecule has 2 nitrogen and oxygen atoms in total. The molecule has 0 unspecified atom stereocenters. The van der Waals surface area contributed by atoms with Crippen molar-refractivity contribution < 1.29 is 9.53 Å². The topological polar surface area (TPSA) is 26.3 Å². The summed E-state index contributed by atoms with van der Waals surface area (Å²) in [4.78, 5) is 12.5. The average Bonchev–Trinajstić information content (AvgIpc) is 2.72. The molecule has 1 aliphatic heterocycles. The van der Waals surface area contributed by atoms with Crippen LogP contribution in [0.5, 0.6) is 0 Å². The van der Waals surface area contributed by atoms with Crippen LogP contribution < -0.4 is 0 Å². The standard InChI is InChI=1S/C10H10O2S/c1-7-4-9(13-6-7)10(11)8-2-3-12-5-8/h4-6H,2-3H2,1H3. The van der Waals surface area contributed by atoms with Crippen LogP contribution in [-0.2, 0) is 4.74 Å². The molecule has 0 saturated heterocycles. The van der Waals surface area contributed by atoms with E-state index in [9.17, 15) is 4.79 Å². The summed E-state index contributed by atoms with van der Waals surface area (Å²) in [6, 6.07) is 1.92. The molecule has 0 spiro atoms. The maximum Gasteiger partial charge on any atom is 0.202 e. The third kappa shape index (κ3) is 1.65. The number of ether oxygens (including phenoxy) is 1. The van der Waals surface area contributed by atoms with Crippen LogP contribution in [0.1, 0.15) is 21.7 Å². The van der Waals surface area contributed by atoms with E-state index < -0.39 is 0 Å². The first-order valence-corrected chi connectivity index (χ1v) is 5.06. The first-order valence-electron chi connectivity index (χ1n) is 4.18. The van der Waals surface area contributed by atoms with Crippen molar-refractivity contribution in [1.29, 1.82) is 0 Å². The van der Waals surface area contributed by atoms with Crippen molar-refractivity contribution in [3.05, 3.63) is 33.7 Å². The van der Waals surface area contributed by atoms with E-state index in [1.54, 1.807) is 6.26 Å². The van der Waals surface area contributed by atoms with Gasteiger partial charge in [-0.2, -0.15) is 0 Å².